The molecular formula is C16H15ClN4. The predicted octanol–water partition coefficient (Wildman–Crippen LogP) is 3.79. The molecule has 2 N–H and O–H groups in total. The third-order valence-electron chi connectivity index (χ3n) is 3.47. The standard InChI is InChI=1S/C16H15ClN4/c1-10-4-3-5-11(2)15(10)21-16(18)14(19-20-21)12-6-8-13(17)9-7-12/h3-9H,18H2,1-2H3. The minimum atomic E-state index is 0.523. The van der Waals surface area contributed by atoms with Crippen LogP contribution < -0.4 is 5.73 Å². The van der Waals surface area contributed by atoms with E-state index in [1.807, 2.05) is 56.3 Å². The summed E-state index contributed by atoms with van der Waals surface area (Å²) in [4.78, 5) is 0. The van der Waals surface area contributed by atoms with Crippen molar-refractivity contribution in [3.8, 4) is 16.9 Å². The van der Waals surface area contributed by atoms with Crippen molar-refractivity contribution >= 4 is 17.4 Å². The second kappa shape index (κ2) is 5.22. The van der Waals surface area contributed by atoms with E-state index in [1.165, 1.54) is 0 Å². The van der Waals surface area contributed by atoms with Crippen LogP contribution in [0.15, 0.2) is 42.5 Å². The van der Waals surface area contributed by atoms with Gasteiger partial charge in [0.25, 0.3) is 0 Å². The maximum Gasteiger partial charge on any atom is 0.155 e. The lowest BCUT2D eigenvalue weighted by Crippen LogP contribution is -2.06. The summed E-state index contributed by atoms with van der Waals surface area (Å²) < 4.78 is 1.69. The van der Waals surface area contributed by atoms with Crippen LogP contribution in [0.5, 0.6) is 0 Å². The first-order chi connectivity index (χ1) is 10.1. The van der Waals surface area contributed by atoms with Gasteiger partial charge in [0.15, 0.2) is 5.82 Å². The van der Waals surface area contributed by atoms with Crippen LogP contribution in [0.1, 0.15) is 11.1 Å². The van der Waals surface area contributed by atoms with Crippen molar-refractivity contribution in [2.75, 3.05) is 5.73 Å². The molecule has 0 aliphatic carbocycles. The molecule has 4 nitrogen and oxygen atoms in total. The fraction of sp³-hybridized carbons (Fsp3) is 0.125. The highest BCUT2D eigenvalue weighted by molar-refractivity contribution is 6.30. The zero-order valence-electron chi connectivity index (χ0n) is 11.8. The van der Waals surface area contributed by atoms with Crippen molar-refractivity contribution in [3.63, 3.8) is 0 Å². The Balaban J connectivity index is 2.14. The van der Waals surface area contributed by atoms with Crippen molar-refractivity contribution in [1.82, 2.24) is 15.0 Å². The highest BCUT2D eigenvalue weighted by atomic mass is 35.5. The van der Waals surface area contributed by atoms with Crippen molar-refractivity contribution in [2.45, 2.75) is 13.8 Å². The van der Waals surface area contributed by atoms with Gasteiger partial charge in [-0.25, -0.2) is 0 Å². The number of anilines is 1. The van der Waals surface area contributed by atoms with Crippen LogP contribution in [0.2, 0.25) is 5.02 Å². The maximum absolute atomic E-state index is 6.25. The first-order valence-electron chi connectivity index (χ1n) is 6.61. The molecule has 0 saturated carbocycles. The topological polar surface area (TPSA) is 56.7 Å². The molecule has 0 saturated heterocycles. The lowest BCUT2D eigenvalue weighted by Gasteiger charge is -2.10. The summed E-state index contributed by atoms with van der Waals surface area (Å²) in [7, 11) is 0. The number of para-hydroxylation sites is 1. The normalized spacial score (nSPS) is 10.8. The number of nitrogens with two attached hydrogens (primary N) is 1. The molecule has 0 atom stereocenters. The molecule has 1 aromatic heterocycles. The molecule has 106 valence electrons. The highest BCUT2D eigenvalue weighted by Crippen LogP contribution is 2.28. The SMILES string of the molecule is Cc1cccc(C)c1-n1nnc(-c2ccc(Cl)cc2)c1N. The summed E-state index contributed by atoms with van der Waals surface area (Å²) in [5.74, 6) is 0.523. The van der Waals surface area contributed by atoms with E-state index in [-0.39, 0.29) is 0 Å². The number of benzene rings is 2. The molecule has 0 bridgehead atoms. The summed E-state index contributed by atoms with van der Waals surface area (Å²) in [5, 5.41) is 9.11. The molecule has 0 amide bonds. The van der Waals surface area contributed by atoms with E-state index in [0.717, 1.165) is 22.4 Å². The molecule has 0 radical (unpaired) electrons. The van der Waals surface area contributed by atoms with E-state index in [0.29, 0.717) is 16.5 Å². The third-order valence-corrected chi connectivity index (χ3v) is 3.73. The van der Waals surface area contributed by atoms with Crippen LogP contribution in [0, 0.1) is 13.8 Å². The van der Waals surface area contributed by atoms with Gasteiger partial charge in [-0.05, 0) is 37.1 Å². The maximum atomic E-state index is 6.25. The molecule has 0 aliphatic rings. The summed E-state index contributed by atoms with van der Waals surface area (Å²) in [6.45, 7) is 4.07. The quantitative estimate of drug-likeness (QED) is 0.783. The van der Waals surface area contributed by atoms with Crippen molar-refractivity contribution < 1.29 is 0 Å². The molecule has 5 heteroatoms. The monoisotopic (exact) mass is 298 g/mol. The van der Waals surface area contributed by atoms with Gasteiger partial charge in [-0.2, -0.15) is 4.68 Å². The van der Waals surface area contributed by atoms with Gasteiger partial charge in [0.2, 0.25) is 0 Å². The number of halogens is 1. The average Bonchev–Trinajstić information content (AvgIpc) is 2.82. The lowest BCUT2D eigenvalue weighted by molar-refractivity contribution is 0.801. The summed E-state index contributed by atoms with van der Waals surface area (Å²) in [5.41, 5.74) is 11.0. The minimum absolute atomic E-state index is 0.523. The Bertz CT molecular complexity index is 770. The van der Waals surface area contributed by atoms with Gasteiger partial charge in [-0.3, -0.25) is 0 Å². The van der Waals surface area contributed by atoms with Crippen molar-refractivity contribution in [1.29, 1.82) is 0 Å². The third kappa shape index (κ3) is 2.38. The Morgan fingerprint density at radius 3 is 2.24 bits per heavy atom. The van der Waals surface area contributed by atoms with Gasteiger partial charge in [-0.15, -0.1) is 5.10 Å². The molecule has 0 unspecified atom stereocenters. The number of aryl methyl sites for hydroxylation is 2. The van der Waals surface area contributed by atoms with Crippen LogP contribution in [0.25, 0.3) is 16.9 Å². The largest absolute Gasteiger partial charge is 0.382 e. The lowest BCUT2D eigenvalue weighted by atomic mass is 10.1. The number of rotatable bonds is 2. The molecule has 3 rings (SSSR count). The average molecular weight is 299 g/mol. The van der Waals surface area contributed by atoms with Crippen molar-refractivity contribution in [3.05, 3.63) is 58.6 Å². The highest BCUT2D eigenvalue weighted by Gasteiger charge is 2.15. The zero-order valence-corrected chi connectivity index (χ0v) is 12.6. The number of nitrogen functional groups attached to an aromatic ring is 1. The number of aromatic nitrogens is 3. The van der Waals surface area contributed by atoms with Crippen molar-refractivity contribution in [2.24, 2.45) is 0 Å². The molecule has 1 heterocycles. The van der Waals surface area contributed by atoms with E-state index < -0.39 is 0 Å². The van der Waals surface area contributed by atoms with Gasteiger partial charge < -0.3 is 5.73 Å². The minimum Gasteiger partial charge on any atom is -0.382 e. The zero-order chi connectivity index (χ0) is 15.0. The Labute approximate surface area is 128 Å². The molecule has 0 aliphatic heterocycles. The van der Waals surface area contributed by atoms with Gasteiger partial charge in [0.05, 0.1) is 5.69 Å². The van der Waals surface area contributed by atoms with Crippen LogP contribution in [-0.2, 0) is 0 Å². The first-order valence-corrected chi connectivity index (χ1v) is 6.99. The molecule has 2 aromatic carbocycles. The van der Waals surface area contributed by atoms with E-state index >= 15 is 0 Å². The van der Waals surface area contributed by atoms with Gasteiger partial charge in [0, 0.05) is 10.6 Å². The molecule has 0 fully saturated rings. The smallest absolute Gasteiger partial charge is 0.155 e. The van der Waals surface area contributed by atoms with Crippen LogP contribution >= 0.6 is 11.6 Å². The molecule has 0 spiro atoms. The Hall–Kier alpha value is -2.33. The number of hydrogen-bond donors (Lipinski definition) is 1. The predicted molar refractivity (Wildman–Crippen MR) is 85.7 cm³/mol. The number of hydrogen-bond acceptors (Lipinski definition) is 3. The molecular weight excluding hydrogens is 284 g/mol. The van der Waals surface area contributed by atoms with Crippen LogP contribution in [-0.4, -0.2) is 15.0 Å². The second-order valence-corrected chi connectivity index (χ2v) is 5.42. The molecule has 21 heavy (non-hydrogen) atoms. The fourth-order valence-corrected chi connectivity index (χ4v) is 2.53. The summed E-state index contributed by atoms with van der Waals surface area (Å²) in [6, 6.07) is 13.5. The fourth-order valence-electron chi connectivity index (χ4n) is 2.41. The van der Waals surface area contributed by atoms with E-state index in [9.17, 15) is 0 Å². The van der Waals surface area contributed by atoms with Crippen LogP contribution in [0.3, 0.4) is 0 Å². The van der Waals surface area contributed by atoms with Crippen LogP contribution in [0.4, 0.5) is 5.82 Å². The second-order valence-electron chi connectivity index (χ2n) is 4.98. The van der Waals surface area contributed by atoms with E-state index in [2.05, 4.69) is 10.3 Å². The Morgan fingerprint density at radius 1 is 1.00 bits per heavy atom. The summed E-state index contributed by atoms with van der Waals surface area (Å²) >= 11 is 5.91. The number of nitrogens with zero attached hydrogens (tertiary/aromatic N) is 3. The Morgan fingerprint density at radius 2 is 1.62 bits per heavy atom. The van der Waals surface area contributed by atoms with Gasteiger partial charge >= 0.3 is 0 Å². The summed E-state index contributed by atoms with van der Waals surface area (Å²) in [6.07, 6.45) is 0. The first kappa shape index (κ1) is 13.6. The van der Waals surface area contributed by atoms with Gasteiger partial charge in [-0.1, -0.05) is 47.1 Å². The van der Waals surface area contributed by atoms with E-state index in [4.69, 9.17) is 17.3 Å². The van der Waals surface area contributed by atoms with Gasteiger partial charge in [0.1, 0.15) is 5.69 Å². The molecule has 3 aromatic rings. The Kier molecular flexibility index (Phi) is 3.39. The van der Waals surface area contributed by atoms with E-state index in [1.54, 1.807) is 4.68 Å².